The van der Waals surface area contributed by atoms with Gasteiger partial charge in [0, 0.05) is 29.1 Å². The van der Waals surface area contributed by atoms with Crippen LogP contribution in [0.1, 0.15) is 38.9 Å². The molecular weight excluding hydrogens is 417 g/mol. The van der Waals surface area contributed by atoms with Crippen molar-refractivity contribution in [1.29, 1.82) is 0 Å². The van der Waals surface area contributed by atoms with Gasteiger partial charge >= 0.3 is 6.18 Å². The molecule has 0 bridgehead atoms. The van der Waals surface area contributed by atoms with Crippen molar-refractivity contribution in [2.24, 2.45) is 17.8 Å². The molecule has 2 fully saturated rings. The van der Waals surface area contributed by atoms with E-state index in [1.54, 1.807) is 12.1 Å². The Morgan fingerprint density at radius 1 is 1.30 bits per heavy atom. The molecular formula is C21H24ClF3N4O. The topological polar surface area (TPSA) is 61.9 Å². The first-order valence-electron chi connectivity index (χ1n) is 10.2. The second-order valence-electron chi connectivity index (χ2n) is 8.59. The number of hydrogen-bond donors (Lipinski definition) is 1. The molecule has 1 amide bonds. The number of rotatable bonds is 4. The third-order valence-electron chi connectivity index (χ3n) is 6.64. The zero-order valence-corrected chi connectivity index (χ0v) is 17.6. The minimum atomic E-state index is -4.51. The van der Waals surface area contributed by atoms with Crippen molar-refractivity contribution in [2.45, 2.75) is 44.7 Å². The van der Waals surface area contributed by atoms with Crippen molar-refractivity contribution in [3.63, 3.8) is 0 Å². The zero-order valence-electron chi connectivity index (χ0n) is 16.8. The van der Waals surface area contributed by atoms with E-state index in [9.17, 15) is 18.0 Å². The largest absolute Gasteiger partial charge is 0.400 e. The first-order chi connectivity index (χ1) is 14.1. The van der Waals surface area contributed by atoms with Crippen molar-refractivity contribution >= 4 is 17.5 Å². The number of piperidine rings is 1. The van der Waals surface area contributed by atoms with Crippen molar-refractivity contribution in [2.75, 3.05) is 13.1 Å². The Hall–Kier alpha value is -2.09. The highest BCUT2D eigenvalue weighted by atomic mass is 35.5. The highest BCUT2D eigenvalue weighted by Gasteiger charge is 2.56. The molecule has 0 unspecified atom stereocenters. The SMILES string of the molecule is C[C@@H]1CN(C(=O)[C@H](C)C(F)(F)F)CC[C@@H]1C1(c2nc(-c3ccc(Cl)cc3)n[nH]2)CC1. The van der Waals surface area contributed by atoms with Crippen LogP contribution in [0.25, 0.3) is 11.4 Å². The molecule has 1 aliphatic heterocycles. The number of nitrogens with zero attached hydrogens (tertiary/aromatic N) is 3. The summed E-state index contributed by atoms with van der Waals surface area (Å²) < 4.78 is 38.8. The van der Waals surface area contributed by atoms with Gasteiger partial charge < -0.3 is 4.90 Å². The van der Waals surface area contributed by atoms with Crippen molar-refractivity contribution in [3.05, 3.63) is 35.1 Å². The summed E-state index contributed by atoms with van der Waals surface area (Å²) in [5.41, 5.74) is 0.731. The molecule has 1 N–H and O–H groups in total. The summed E-state index contributed by atoms with van der Waals surface area (Å²) in [4.78, 5) is 18.4. The van der Waals surface area contributed by atoms with Crippen molar-refractivity contribution in [1.82, 2.24) is 20.1 Å². The number of halogens is 4. The van der Waals surface area contributed by atoms with Crippen LogP contribution in [0.15, 0.2) is 24.3 Å². The maximum atomic E-state index is 12.9. The molecule has 0 spiro atoms. The Morgan fingerprint density at radius 2 is 1.97 bits per heavy atom. The van der Waals surface area contributed by atoms with E-state index in [1.165, 1.54) is 4.90 Å². The summed E-state index contributed by atoms with van der Waals surface area (Å²) in [6, 6.07) is 7.31. The number of carbonyl (C=O) groups is 1. The molecule has 9 heteroatoms. The predicted molar refractivity (Wildman–Crippen MR) is 107 cm³/mol. The van der Waals surface area contributed by atoms with Crippen LogP contribution >= 0.6 is 11.6 Å². The smallest absolute Gasteiger partial charge is 0.342 e. The van der Waals surface area contributed by atoms with Crippen molar-refractivity contribution in [3.8, 4) is 11.4 Å². The Bertz CT molecular complexity index is 923. The van der Waals surface area contributed by atoms with E-state index < -0.39 is 18.0 Å². The molecule has 2 aliphatic rings. The molecule has 1 aromatic heterocycles. The standard InChI is InChI=1S/C21H24ClF3N4O/c1-12-11-29(18(30)13(2)21(23,24)25)10-7-16(12)20(8-9-20)19-26-17(27-28-19)14-3-5-15(22)6-4-14/h3-6,12-13,16H,7-11H2,1-2H3,(H,26,27,28)/t12-,13+,16+/m1/s1. The molecule has 5 nitrogen and oxygen atoms in total. The van der Waals surface area contributed by atoms with Crippen LogP contribution in [0, 0.1) is 17.8 Å². The fraction of sp³-hybridized carbons (Fsp3) is 0.571. The van der Waals surface area contributed by atoms with Gasteiger partial charge in [0.25, 0.3) is 0 Å². The van der Waals surface area contributed by atoms with Gasteiger partial charge in [0.2, 0.25) is 5.91 Å². The van der Waals surface area contributed by atoms with Gasteiger partial charge in [0.1, 0.15) is 11.7 Å². The number of nitrogens with one attached hydrogen (secondary N) is 1. The van der Waals surface area contributed by atoms with Crippen LogP contribution in [-0.4, -0.2) is 45.3 Å². The second-order valence-corrected chi connectivity index (χ2v) is 9.03. The molecule has 1 saturated carbocycles. The molecule has 3 atom stereocenters. The number of alkyl halides is 3. The first kappa shape index (κ1) is 21.2. The lowest BCUT2D eigenvalue weighted by Crippen LogP contribution is -2.49. The number of aromatic amines is 1. The van der Waals surface area contributed by atoms with E-state index in [0.29, 0.717) is 30.4 Å². The van der Waals surface area contributed by atoms with E-state index in [4.69, 9.17) is 16.6 Å². The number of benzene rings is 1. The average molecular weight is 441 g/mol. The van der Waals surface area contributed by atoms with Crippen LogP contribution in [0.3, 0.4) is 0 Å². The summed E-state index contributed by atoms with van der Waals surface area (Å²) in [5, 5.41) is 8.10. The molecule has 2 heterocycles. The van der Waals surface area contributed by atoms with Gasteiger partial charge in [0.05, 0.1) is 0 Å². The highest BCUT2D eigenvalue weighted by molar-refractivity contribution is 6.30. The molecule has 162 valence electrons. The molecule has 2 aromatic rings. The van der Waals surface area contributed by atoms with E-state index in [2.05, 4.69) is 10.2 Å². The lowest BCUT2D eigenvalue weighted by Gasteiger charge is -2.41. The van der Waals surface area contributed by atoms with Gasteiger partial charge in [0.15, 0.2) is 5.82 Å². The third-order valence-corrected chi connectivity index (χ3v) is 6.89. The Morgan fingerprint density at radius 3 is 2.53 bits per heavy atom. The van der Waals surface area contributed by atoms with Crippen LogP contribution < -0.4 is 0 Å². The van der Waals surface area contributed by atoms with Crippen LogP contribution in [0.5, 0.6) is 0 Å². The highest BCUT2D eigenvalue weighted by Crippen LogP contribution is 2.57. The first-order valence-corrected chi connectivity index (χ1v) is 10.5. The van der Waals surface area contributed by atoms with Gasteiger partial charge in [-0.1, -0.05) is 18.5 Å². The van der Waals surface area contributed by atoms with Gasteiger partial charge in [-0.3, -0.25) is 9.89 Å². The summed E-state index contributed by atoms with van der Waals surface area (Å²) >= 11 is 5.94. The quantitative estimate of drug-likeness (QED) is 0.740. The lowest BCUT2D eigenvalue weighted by molar-refractivity contribution is -0.187. The number of amides is 1. The third kappa shape index (κ3) is 3.82. The van der Waals surface area contributed by atoms with Gasteiger partial charge in [-0.2, -0.15) is 18.3 Å². The minimum Gasteiger partial charge on any atom is -0.342 e. The van der Waals surface area contributed by atoms with E-state index in [0.717, 1.165) is 31.2 Å². The Balaban J connectivity index is 1.48. The summed E-state index contributed by atoms with van der Waals surface area (Å²) in [6.45, 7) is 3.63. The van der Waals surface area contributed by atoms with Crippen molar-refractivity contribution < 1.29 is 18.0 Å². The number of carbonyl (C=O) groups excluding carboxylic acids is 1. The van der Waals surface area contributed by atoms with Crippen LogP contribution in [0.2, 0.25) is 5.02 Å². The van der Waals surface area contributed by atoms with Gasteiger partial charge in [-0.25, -0.2) is 4.98 Å². The number of hydrogen-bond acceptors (Lipinski definition) is 3. The van der Waals surface area contributed by atoms with Gasteiger partial charge in [-0.15, -0.1) is 0 Å². The molecule has 4 rings (SSSR count). The summed E-state index contributed by atoms with van der Waals surface area (Å²) in [5.74, 6) is -1.04. The van der Waals surface area contributed by atoms with Gasteiger partial charge in [-0.05, 0) is 62.3 Å². The maximum absolute atomic E-state index is 12.9. The van der Waals surface area contributed by atoms with E-state index >= 15 is 0 Å². The number of H-pyrrole nitrogens is 1. The van der Waals surface area contributed by atoms with Crippen LogP contribution in [0.4, 0.5) is 13.2 Å². The number of likely N-dealkylation sites (tertiary alicyclic amines) is 1. The Kier molecular flexibility index (Phi) is 5.33. The predicted octanol–water partition coefficient (Wildman–Crippen LogP) is 4.84. The zero-order chi connectivity index (χ0) is 21.7. The normalized spacial score (nSPS) is 24.5. The average Bonchev–Trinajstić information content (AvgIpc) is 3.35. The molecule has 1 saturated heterocycles. The summed E-state index contributed by atoms with van der Waals surface area (Å²) in [7, 11) is 0. The molecule has 30 heavy (non-hydrogen) atoms. The summed E-state index contributed by atoms with van der Waals surface area (Å²) in [6.07, 6.45) is -1.92. The minimum absolute atomic E-state index is 0.0784. The molecule has 1 aromatic carbocycles. The monoisotopic (exact) mass is 440 g/mol. The fourth-order valence-corrected chi connectivity index (χ4v) is 4.84. The van der Waals surface area contributed by atoms with Crippen LogP contribution in [-0.2, 0) is 10.2 Å². The Labute approximate surface area is 178 Å². The van der Waals surface area contributed by atoms with E-state index in [-0.39, 0.29) is 17.3 Å². The second kappa shape index (κ2) is 7.55. The molecule has 1 aliphatic carbocycles. The van der Waals surface area contributed by atoms with E-state index in [1.807, 2.05) is 19.1 Å². The lowest BCUT2D eigenvalue weighted by atomic mass is 9.74. The number of aromatic nitrogens is 3. The fourth-order valence-electron chi connectivity index (χ4n) is 4.71. The molecule has 0 radical (unpaired) electrons. The maximum Gasteiger partial charge on any atom is 0.400 e.